The Kier molecular flexibility index (Phi) is 6.77. The van der Waals surface area contributed by atoms with Crippen LogP contribution in [0.15, 0.2) is 24.3 Å². The number of ether oxygens (including phenoxy) is 1. The van der Waals surface area contributed by atoms with Gasteiger partial charge in [-0.05, 0) is 44.2 Å². The molecule has 1 aliphatic carbocycles. The lowest BCUT2D eigenvalue weighted by Gasteiger charge is -2.32. The molecule has 35 heavy (non-hydrogen) atoms. The monoisotopic (exact) mass is 484 g/mol. The molecule has 9 heteroatoms. The van der Waals surface area contributed by atoms with Crippen molar-refractivity contribution in [3.8, 4) is 5.75 Å². The molecular weight excluding hydrogens is 451 g/mol. The maximum atomic E-state index is 14.0. The molecule has 2 fully saturated rings. The number of piperidine rings is 2. The van der Waals surface area contributed by atoms with Crippen molar-refractivity contribution >= 4 is 11.8 Å². The number of likely N-dealkylation sites (tertiary alicyclic amines) is 2. The second-order valence-electron chi connectivity index (χ2n) is 9.87. The van der Waals surface area contributed by atoms with Gasteiger partial charge in [0.05, 0.1) is 12.6 Å². The first-order valence-electron chi connectivity index (χ1n) is 12.6. The van der Waals surface area contributed by atoms with Gasteiger partial charge in [-0.2, -0.15) is 5.10 Å². The van der Waals surface area contributed by atoms with Crippen LogP contribution < -0.4 is 4.74 Å². The SMILES string of the molecule is Cc1ccccc1OC1CCN(C(=O)Cn2nc(C(=O)N3CC[C@H](O)[C@@H](F)C3)c3c2CCC3)CC1. The van der Waals surface area contributed by atoms with Crippen molar-refractivity contribution in [1.29, 1.82) is 0 Å². The Balaban J connectivity index is 1.21. The number of aliphatic hydroxyl groups excluding tert-OH is 1. The molecule has 1 aromatic carbocycles. The number of aryl methyl sites for hydroxylation is 1. The summed E-state index contributed by atoms with van der Waals surface area (Å²) in [6.45, 7) is 3.56. The van der Waals surface area contributed by atoms with Crippen LogP contribution in [0.4, 0.5) is 4.39 Å². The van der Waals surface area contributed by atoms with Crippen molar-refractivity contribution in [3.63, 3.8) is 0 Å². The third kappa shape index (κ3) is 4.91. The molecule has 188 valence electrons. The van der Waals surface area contributed by atoms with Gasteiger partial charge in [0.1, 0.15) is 24.6 Å². The topological polar surface area (TPSA) is 87.9 Å². The molecule has 1 aromatic heterocycles. The van der Waals surface area contributed by atoms with Crippen LogP contribution in [0.25, 0.3) is 0 Å². The lowest BCUT2D eigenvalue weighted by Crippen LogP contribution is -2.47. The predicted molar refractivity (Wildman–Crippen MR) is 127 cm³/mol. The quantitative estimate of drug-likeness (QED) is 0.704. The van der Waals surface area contributed by atoms with Crippen molar-refractivity contribution in [1.82, 2.24) is 19.6 Å². The zero-order valence-electron chi connectivity index (χ0n) is 20.2. The summed E-state index contributed by atoms with van der Waals surface area (Å²) in [6, 6.07) is 7.96. The van der Waals surface area contributed by atoms with Gasteiger partial charge < -0.3 is 19.6 Å². The van der Waals surface area contributed by atoms with Crippen LogP contribution in [0, 0.1) is 6.92 Å². The lowest BCUT2D eigenvalue weighted by atomic mass is 10.1. The summed E-state index contributed by atoms with van der Waals surface area (Å²) in [5, 5.41) is 14.2. The van der Waals surface area contributed by atoms with Crippen LogP contribution in [0.1, 0.15) is 53.0 Å². The maximum Gasteiger partial charge on any atom is 0.274 e. The maximum absolute atomic E-state index is 14.0. The molecule has 0 radical (unpaired) electrons. The van der Waals surface area contributed by atoms with E-state index in [0.29, 0.717) is 25.3 Å². The van der Waals surface area contributed by atoms with E-state index in [1.54, 1.807) is 4.68 Å². The van der Waals surface area contributed by atoms with Gasteiger partial charge >= 0.3 is 0 Å². The Labute approximate surface area is 204 Å². The number of carbonyl (C=O) groups is 2. The van der Waals surface area contributed by atoms with Crippen molar-refractivity contribution in [3.05, 3.63) is 46.8 Å². The molecule has 2 saturated heterocycles. The fourth-order valence-electron chi connectivity index (χ4n) is 5.36. The molecule has 0 bridgehead atoms. The smallest absolute Gasteiger partial charge is 0.274 e. The number of fused-ring (bicyclic) bond motifs is 1. The number of nitrogens with zero attached hydrogens (tertiary/aromatic N) is 4. The summed E-state index contributed by atoms with van der Waals surface area (Å²) in [4.78, 5) is 29.5. The molecule has 2 atom stereocenters. The number of alkyl halides is 1. The third-order valence-electron chi connectivity index (χ3n) is 7.47. The number of benzene rings is 1. The summed E-state index contributed by atoms with van der Waals surface area (Å²) in [7, 11) is 0. The Morgan fingerprint density at radius 2 is 1.86 bits per heavy atom. The van der Waals surface area contributed by atoms with Crippen LogP contribution in [0.3, 0.4) is 0 Å². The van der Waals surface area contributed by atoms with Crippen LogP contribution >= 0.6 is 0 Å². The number of amides is 2. The Morgan fingerprint density at radius 1 is 1.11 bits per heavy atom. The van der Waals surface area contributed by atoms with E-state index in [1.165, 1.54) is 4.90 Å². The number of carbonyl (C=O) groups excluding carboxylic acids is 2. The van der Waals surface area contributed by atoms with Crippen LogP contribution in [0.5, 0.6) is 5.75 Å². The van der Waals surface area contributed by atoms with E-state index in [1.807, 2.05) is 36.1 Å². The number of aromatic nitrogens is 2. The Hall–Kier alpha value is -2.94. The standard InChI is InChI=1S/C26H33FN4O4/c1-17-5-2-3-8-23(17)35-18-9-12-29(13-10-18)24(33)16-31-21-7-4-6-19(21)25(28-31)26(34)30-14-11-22(32)20(27)15-30/h2-3,5,8,18,20,22,32H,4,6-7,9-16H2,1H3/t20-,22-/m0/s1. The average Bonchev–Trinajstić information content (AvgIpc) is 3.46. The molecule has 5 rings (SSSR count). The first-order chi connectivity index (χ1) is 16.9. The van der Waals surface area contributed by atoms with Gasteiger partial charge in [-0.15, -0.1) is 0 Å². The molecule has 3 aliphatic rings. The van der Waals surface area contributed by atoms with E-state index in [0.717, 1.165) is 54.7 Å². The molecular formula is C26H33FN4O4. The van der Waals surface area contributed by atoms with Gasteiger partial charge in [-0.3, -0.25) is 14.3 Å². The third-order valence-corrected chi connectivity index (χ3v) is 7.47. The van der Waals surface area contributed by atoms with E-state index in [-0.39, 0.29) is 37.4 Å². The summed E-state index contributed by atoms with van der Waals surface area (Å²) < 4.78 is 21.8. The fourth-order valence-corrected chi connectivity index (χ4v) is 5.36. The minimum Gasteiger partial charge on any atom is -0.490 e. The van der Waals surface area contributed by atoms with E-state index in [4.69, 9.17) is 4.74 Å². The number of para-hydroxylation sites is 1. The number of hydrogen-bond acceptors (Lipinski definition) is 5. The molecule has 0 unspecified atom stereocenters. The van der Waals surface area contributed by atoms with Crippen molar-refractivity contribution in [2.45, 2.75) is 70.4 Å². The summed E-state index contributed by atoms with van der Waals surface area (Å²) >= 11 is 0. The van der Waals surface area contributed by atoms with Gasteiger partial charge in [0.2, 0.25) is 5.91 Å². The summed E-state index contributed by atoms with van der Waals surface area (Å²) in [5.74, 6) is 0.572. The van der Waals surface area contributed by atoms with Crippen LogP contribution in [0.2, 0.25) is 0 Å². The molecule has 1 N–H and O–H groups in total. The molecule has 2 amide bonds. The molecule has 0 saturated carbocycles. The minimum absolute atomic E-state index is 0.0135. The van der Waals surface area contributed by atoms with Gasteiger partial charge in [-0.1, -0.05) is 18.2 Å². The fraction of sp³-hybridized carbons (Fsp3) is 0.577. The summed E-state index contributed by atoms with van der Waals surface area (Å²) in [5.41, 5.74) is 3.26. The van der Waals surface area contributed by atoms with Gasteiger partial charge in [-0.25, -0.2) is 4.39 Å². The minimum atomic E-state index is -1.44. The van der Waals surface area contributed by atoms with Gasteiger partial charge in [0.25, 0.3) is 5.91 Å². The zero-order valence-corrected chi connectivity index (χ0v) is 20.2. The van der Waals surface area contributed by atoms with Gasteiger partial charge in [0.15, 0.2) is 5.69 Å². The highest BCUT2D eigenvalue weighted by Crippen LogP contribution is 2.28. The van der Waals surface area contributed by atoms with Crippen molar-refractivity contribution < 1.29 is 23.8 Å². The Bertz CT molecular complexity index is 1100. The van der Waals surface area contributed by atoms with E-state index in [9.17, 15) is 19.1 Å². The molecule has 2 aliphatic heterocycles. The van der Waals surface area contributed by atoms with E-state index >= 15 is 0 Å². The average molecular weight is 485 g/mol. The highest BCUT2D eigenvalue weighted by atomic mass is 19.1. The molecule has 0 spiro atoms. The van der Waals surface area contributed by atoms with Gasteiger partial charge in [0, 0.05) is 43.7 Å². The number of hydrogen-bond donors (Lipinski definition) is 1. The normalized spacial score (nSPS) is 22.8. The van der Waals surface area contributed by atoms with Crippen LogP contribution in [-0.2, 0) is 24.2 Å². The van der Waals surface area contributed by atoms with E-state index < -0.39 is 12.3 Å². The largest absolute Gasteiger partial charge is 0.490 e. The summed E-state index contributed by atoms with van der Waals surface area (Å²) in [6.07, 6.45) is 1.81. The first-order valence-corrected chi connectivity index (χ1v) is 12.6. The molecule has 2 aromatic rings. The van der Waals surface area contributed by atoms with Crippen LogP contribution in [-0.4, -0.2) is 81.1 Å². The highest BCUT2D eigenvalue weighted by Gasteiger charge is 2.35. The van der Waals surface area contributed by atoms with Crippen molar-refractivity contribution in [2.75, 3.05) is 26.2 Å². The predicted octanol–water partition coefficient (Wildman–Crippen LogP) is 2.30. The van der Waals surface area contributed by atoms with E-state index in [2.05, 4.69) is 5.10 Å². The molecule has 8 nitrogen and oxygen atoms in total. The lowest BCUT2D eigenvalue weighted by molar-refractivity contribution is -0.133. The second kappa shape index (κ2) is 9.97. The number of halogens is 1. The van der Waals surface area contributed by atoms with Crippen molar-refractivity contribution in [2.24, 2.45) is 0 Å². The number of aliphatic hydroxyl groups is 1. The Morgan fingerprint density at radius 3 is 2.60 bits per heavy atom. The zero-order chi connectivity index (χ0) is 24.5. The highest BCUT2D eigenvalue weighted by molar-refractivity contribution is 5.94. The molecule has 3 heterocycles. The second-order valence-corrected chi connectivity index (χ2v) is 9.87. The number of rotatable bonds is 5. The first kappa shape index (κ1) is 23.8.